The summed E-state index contributed by atoms with van der Waals surface area (Å²) in [5, 5.41) is 9.45. The minimum atomic E-state index is -3.56. The van der Waals surface area contributed by atoms with E-state index < -0.39 is 10.0 Å². The van der Waals surface area contributed by atoms with Gasteiger partial charge in [0.05, 0.1) is 4.90 Å². The molecule has 2 N–H and O–H groups in total. The Bertz CT molecular complexity index is 603. The molecule has 2 saturated heterocycles. The van der Waals surface area contributed by atoms with Crippen molar-refractivity contribution in [2.24, 2.45) is 0 Å². The number of nitrogens with zero attached hydrogens (tertiary/aromatic N) is 1. The minimum Gasteiger partial charge on any atom is -0.508 e. The highest BCUT2D eigenvalue weighted by Gasteiger charge is 2.37. The maximum Gasteiger partial charge on any atom is 0.240 e. The Morgan fingerprint density at radius 3 is 2.52 bits per heavy atom. The third kappa shape index (κ3) is 3.07. The smallest absolute Gasteiger partial charge is 0.240 e. The van der Waals surface area contributed by atoms with Crippen LogP contribution in [0.25, 0.3) is 0 Å². The fraction of sp³-hybridized carbons (Fsp3) is 0.600. The first-order valence-corrected chi connectivity index (χ1v) is 8.97. The van der Waals surface area contributed by atoms with E-state index in [0.29, 0.717) is 12.1 Å². The Balaban J connectivity index is 1.74. The summed E-state index contributed by atoms with van der Waals surface area (Å²) >= 11 is 0. The van der Waals surface area contributed by atoms with Crippen molar-refractivity contribution in [2.45, 2.75) is 55.1 Å². The van der Waals surface area contributed by atoms with Crippen molar-refractivity contribution >= 4 is 10.0 Å². The monoisotopic (exact) mass is 310 g/mol. The first kappa shape index (κ1) is 14.8. The number of piperidine rings is 2. The zero-order valence-electron chi connectivity index (χ0n) is 12.2. The summed E-state index contributed by atoms with van der Waals surface area (Å²) in [7, 11) is -1.41. The molecule has 116 valence electrons. The molecule has 1 aromatic rings. The SMILES string of the molecule is CN1C2CCCC1CC(NS(=O)(=O)c1cccc(O)c1)C2. The van der Waals surface area contributed by atoms with Gasteiger partial charge >= 0.3 is 0 Å². The first-order valence-electron chi connectivity index (χ1n) is 7.49. The average molecular weight is 310 g/mol. The van der Waals surface area contributed by atoms with Crippen LogP contribution in [0.4, 0.5) is 0 Å². The average Bonchev–Trinajstić information content (AvgIpc) is 2.40. The number of aromatic hydroxyl groups is 1. The van der Waals surface area contributed by atoms with Crippen LogP contribution in [0.3, 0.4) is 0 Å². The lowest BCUT2D eigenvalue weighted by Gasteiger charge is -2.47. The van der Waals surface area contributed by atoms with Gasteiger partial charge in [-0.25, -0.2) is 13.1 Å². The number of hydrogen-bond donors (Lipinski definition) is 2. The largest absolute Gasteiger partial charge is 0.508 e. The van der Waals surface area contributed by atoms with Gasteiger partial charge in [0, 0.05) is 18.1 Å². The molecule has 0 amide bonds. The molecular weight excluding hydrogens is 288 g/mol. The summed E-state index contributed by atoms with van der Waals surface area (Å²) in [4.78, 5) is 2.54. The van der Waals surface area contributed by atoms with E-state index in [9.17, 15) is 13.5 Å². The molecule has 2 aliphatic rings. The van der Waals surface area contributed by atoms with E-state index in [-0.39, 0.29) is 16.7 Å². The van der Waals surface area contributed by atoms with Crippen molar-refractivity contribution in [1.29, 1.82) is 0 Å². The molecule has 5 nitrogen and oxygen atoms in total. The summed E-state index contributed by atoms with van der Waals surface area (Å²) in [6.07, 6.45) is 5.27. The van der Waals surface area contributed by atoms with Crippen LogP contribution in [0.2, 0.25) is 0 Å². The fourth-order valence-electron chi connectivity index (χ4n) is 3.65. The van der Waals surface area contributed by atoms with Gasteiger partial charge in [0.1, 0.15) is 5.75 Å². The lowest BCUT2D eigenvalue weighted by molar-refractivity contribution is 0.0536. The Morgan fingerprint density at radius 1 is 1.24 bits per heavy atom. The number of phenols is 1. The molecule has 2 bridgehead atoms. The normalized spacial score (nSPS) is 30.2. The standard InChI is InChI=1S/C15H22N2O3S/c1-17-12-4-2-5-13(17)9-11(8-12)16-21(19,20)15-7-3-6-14(18)10-15/h3,6-7,10-13,16,18H,2,4-5,8-9H2,1H3. The van der Waals surface area contributed by atoms with Gasteiger partial charge in [-0.05, 0) is 50.9 Å². The van der Waals surface area contributed by atoms with Gasteiger partial charge in [0.25, 0.3) is 0 Å². The molecule has 0 spiro atoms. The van der Waals surface area contributed by atoms with E-state index in [1.165, 1.54) is 24.6 Å². The van der Waals surface area contributed by atoms with E-state index in [4.69, 9.17) is 0 Å². The molecule has 1 aromatic carbocycles. The molecule has 0 radical (unpaired) electrons. The van der Waals surface area contributed by atoms with E-state index in [0.717, 1.165) is 25.7 Å². The highest BCUT2D eigenvalue weighted by atomic mass is 32.2. The lowest BCUT2D eigenvalue weighted by atomic mass is 9.83. The Kier molecular flexibility index (Phi) is 3.94. The topological polar surface area (TPSA) is 69.6 Å². The summed E-state index contributed by atoms with van der Waals surface area (Å²) in [5.41, 5.74) is 0. The maximum atomic E-state index is 12.4. The molecule has 0 aromatic heterocycles. The second kappa shape index (κ2) is 5.59. The van der Waals surface area contributed by atoms with Gasteiger partial charge in [-0.2, -0.15) is 0 Å². The molecule has 3 rings (SSSR count). The quantitative estimate of drug-likeness (QED) is 0.891. The van der Waals surface area contributed by atoms with E-state index in [1.807, 2.05) is 0 Å². The Labute approximate surface area is 126 Å². The summed E-state index contributed by atoms with van der Waals surface area (Å²) < 4.78 is 27.7. The number of rotatable bonds is 3. The minimum absolute atomic E-state index is 0.0103. The third-order valence-corrected chi connectivity index (χ3v) is 6.31. The Hall–Kier alpha value is -1.11. The molecule has 2 heterocycles. The number of nitrogens with one attached hydrogen (secondary N) is 1. The molecule has 2 fully saturated rings. The van der Waals surface area contributed by atoms with Gasteiger partial charge in [-0.1, -0.05) is 12.5 Å². The summed E-state index contributed by atoms with van der Waals surface area (Å²) in [6, 6.07) is 6.77. The zero-order valence-corrected chi connectivity index (χ0v) is 13.0. The Morgan fingerprint density at radius 2 is 1.90 bits per heavy atom. The molecule has 2 atom stereocenters. The van der Waals surface area contributed by atoms with Crippen LogP contribution in [0.5, 0.6) is 5.75 Å². The fourth-order valence-corrected chi connectivity index (χ4v) is 4.95. The van der Waals surface area contributed by atoms with Crippen LogP contribution >= 0.6 is 0 Å². The van der Waals surface area contributed by atoms with Crippen LogP contribution in [0, 0.1) is 0 Å². The number of hydrogen-bond acceptors (Lipinski definition) is 4. The zero-order chi connectivity index (χ0) is 15.0. The van der Waals surface area contributed by atoms with Crippen LogP contribution in [0.1, 0.15) is 32.1 Å². The molecular formula is C15H22N2O3S. The van der Waals surface area contributed by atoms with Crippen molar-refractivity contribution < 1.29 is 13.5 Å². The van der Waals surface area contributed by atoms with E-state index in [1.54, 1.807) is 6.07 Å². The van der Waals surface area contributed by atoms with Crippen molar-refractivity contribution in [2.75, 3.05) is 7.05 Å². The van der Waals surface area contributed by atoms with Crippen LogP contribution in [-0.2, 0) is 10.0 Å². The molecule has 2 unspecified atom stereocenters. The van der Waals surface area contributed by atoms with Gasteiger partial charge < -0.3 is 10.0 Å². The molecule has 21 heavy (non-hydrogen) atoms. The third-order valence-electron chi connectivity index (χ3n) is 4.79. The molecule has 0 saturated carbocycles. The van der Waals surface area contributed by atoms with Crippen molar-refractivity contribution in [1.82, 2.24) is 9.62 Å². The van der Waals surface area contributed by atoms with Crippen LogP contribution in [0.15, 0.2) is 29.2 Å². The summed E-state index contributed by atoms with van der Waals surface area (Å²) in [6.45, 7) is 0. The number of phenolic OH excluding ortho intramolecular Hbond substituents is 1. The van der Waals surface area contributed by atoms with Gasteiger partial charge in [-0.15, -0.1) is 0 Å². The predicted octanol–water partition coefficient (Wildman–Crippen LogP) is 1.69. The molecule has 0 aliphatic carbocycles. The number of benzene rings is 1. The lowest BCUT2D eigenvalue weighted by Crippen LogP contribution is -2.55. The van der Waals surface area contributed by atoms with E-state index in [2.05, 4.69) is 16.7 Å². The van der Waals surface area contributed by atoms with Crippen LogP contribution < -0.4 is 4.72 Å². The second-order valence-electron chi connectivity index (χ2n) is 6.19. The van der Waals surface area contributed by atoms with E-state index >= 15 is 0 Å². The van der Waals surface area contributed by atoms with Crippen LogP contribution in [-0.4, -0.2) is 43.6 Å². The van der Waals surface area contributed by atoms with Crippen molar-refractivity contribution in [3.8, 4) is 5.75 Å². The number of sulfonamides is 1. The summed E-state index contributed by atoms with van der Waals surface area (Å²) in [5.74, 6) is -0.0295. The van der Waals surface area contributed by atoms with Crippen molar-refractivity contribution in [3.63, 3.8) is 0 Å². The second-order valence-corrected chi connectivity index (χ2v) is 7.90. The highest BCUT2D eigenvalue weighted by molar-refractivity contribution is 7.89. The van der Waals surface area contributed by atoms with Gasteiger partial charge in [-0.3, -0.25) is 0 Å². The molecule has 2 aliphatic heterocycles. The number of fused-ring (bicyclic) bond motifs is 2. The highest BCUT2D eigenvalue weighted by Crippen LogP contribution is 2.33. The first-order chi connectivity index (χ1) is 9.95. The maximum absolute atomic E-state index is 12.4. The predicted molar refractivity (Wildman–Crippen MR) is 80.6 cm³/mol. The molecule has 6 heteroatoms. The van der Waals surface area contributed by atoms with Gasteiger partial charge in [0.15, 0.2) is 0 Å². The van der Waals surface area contributed by atoms with Crippen molar-refractivity contribution in [3.05, 3.63) is 24.3 Å². The van der Waals surface area contributed by atoms with Gasteiger partial charge in [0.2, 0.25) is 10.0 Å².